The zero-order chi connectivity index (χ0) is 21.4. The second-order valence-corrected chi connectivity index (χ2v) is 8.39. The third kappa shape index (κ3) is 3.60. The first-order valence-corrected chi connectivity index (χ1v) is 10.6. The number of carbonyl (C=O) groups is 3. The Hall–Kier alpha value is -2.73. The highest BCUT2D eigenvalue weighted by atomic mass is 35.5. The van der Waals surface area contributed by atoms with E-state index < -0.39 is 17.5 Å². The summed E-state index contributed by atoms with van der Waals surface area (Å²) in [5, 5.41) is 0.527. The minimum atomic E-state index is -0.527. The molecule has 1 heterocycles. The largest absolute Gasteiger partial charge is 0.331 e. The molecule has 0 N–H and O–H groups in total. The highest BCUT2D eigenvalue weighted by molar-refractivity contribution is 6.30. The highest BCUT2D eigenvalue weighted by Gasteiger charge is 2.32. The Labute approximate surface area is 179 Å². The van der Waals surface area contributed by atoms with E-state index in [0.29, 0.717) is 54.1 Å². The topological polar surface area (TPSA) is 76.5 Å². The molecule has 156 valence electrons. The lowest BCUT2D eigenvalue weighted by Crippen LogP contribution is -2.46. The first-order valence-electron chi connectivity index (χ1n) is 10.3. The van der Waals surface area contributed by atoms with Gasteiger partial charge in [0.05, 0.1) is 6.04 Å². The third-order valence-electron chi connectivity index (χ3n) is 6.05. The number of hydrogen-bond acceptors (Lipinski definition) is 4. The summed E-state index contributed by atoms with van der Waals surface area (Å²) >= 11 is 5.99. The number of nitrogens with zero attached hydrogens (tertiary/aromatic N) is 2. The maximum atomic E-state index is 13.4. The number of aromatic nitrogens is 1. The van der Waals surface area contributed by atoms with Gasteiger partial charge in [-0.2, -0.15) is 0 Å². The van der Waals surface area contributed by atoms with E-state index in [0.717, 1.165) is 12.8 Å². The number of Topliss-reactive ketones (excluding diaryl/α,β-unsaturated/α-hetero) is 2. The summed E-state index contributed by atoms with van der Waals surface area (Å²) in [6.07, 6.45) is 4.35. The van der Waals surface area contributed by atoms with Crippen LogP contribution in [-0.2, 0) is 11.2 Å². The van der Waals surface area contributed by atoms with Gasteiger partial charge in [0.25, 0.3) is 11.5 Å². The molecule has 0 spiro atoms. The number of benzene rings is 1. The minimum absolute atomic E-state index is 0.0177. The molecule has 4 rings (SSSR count). The fraction of sp³-hybridized carbons (Fsp3) is 0.391. The van der Waals surface area contributed by atoms with Crippen molar-refractivity contribution in [2.45, 2.75) is 51.0 Å². The normalized spacial score (nSPS) is 18.8. The molecule has 0 radical (unpaired) electrons. The number of pyridine rings is 1. The smallest absolute Gasteiger partial charge is 0.268 e. The van der Waals surface area contributed by atoms with E-state index >= 15 is 0 Å². The van der Waals surface area contributed by atoms with Crippen molar-refractivity contribution in [2.24, 2.45) is 0 Å². The van der Waals surface area contributed by atoms with Crippen LogP contribution >= 0.6 is 11.6 Å². The number of ketones is 2. The van der Waals surface area contributed by atoms with Crippen molar-refractivity contribution >= 4 is 29.1 Å². The Morgan fingerprint density at radius 3 is 2.47 bits per heavy atom. The van der Waals surface area contributed by atoms with Crippen LogP contribution in [0.15, 0.2) is 35.1 Å². The molecule has 0 aliphatic heterocycles. The van der Waals surface area contributed by atoms with Gasteiger partial charge in [-0.15, -0.1) is 0 Å². The van der Waals surface area contributed by atoms with Crippen LogP contribution in [0.3, 0.4) is 0 Å². The molecule has 0 bridgehead atoms. The van der Waals surface area contributed by atoms with Crippen molar-refractivity contribution in [3.05, 3.63) is 62.5 Å². The van der Waals surface area contributed by atoms with Crippen molar-refractivity contribution < 1.29 is 14.4 Å². The van der Waals surface area contributed by atoms with Crippen molar-refractivity contribution in [1.82, 2.24) is 9.47 Å². The molecule has 2 aromatic rings. The van der Waals surface area contributed by atoms with Gasteiger partial charge in [-0.1, -0.05) is 18.0 Å². The summed E-state index contributed by atoms with van der Waals surface area (Å²) in [5.74, 6) is -0.585. The number of hydrogen-bond donors (Lipinski definition) is 0. The van der Waals surface area contributed by atoms with Gasteiger partial charge >= 0.3 is 0 Å². The van der Waals surface area contributed by atoms with Crippen LogP contribution in [0, 0.1) is 0 Å². The van der Waals surface area contributed by atoms with E-state index in [2.05, 4.69) is 0 Å². The second-order valence-electron chi connectivity index (χ2n) is 7.96. The van der Waals surface area contributed by atoms with E-state index in [1.807, 2.05) is 0 Å². The number of rotatable bonds is 3. The van der Waals surface area contributed by atoms with Crippen LogP contribution in [-0.4, -0.2) is 40.0 Å². The van der Waals surface area contributed by atoms with Crippen molar-refractivity contribution in [3.63, 3.8) is 0 Å². The molecular weight excluding hydrogens is 404 g/mol. The van der Waals surface area contributed by atoms with E-state index in [1.165, 1.54) is 15.5 Å². The molecule has 2 aliphatic rings. The highest BCUT2D eigenvalue weighted by Crippen LogP contribution is 2.26. The maximum Gasteiger partial charge on any atom is 0.268 e. The van der Waals surface area contributed by atoms with E-state index in [9.17, 15) is 19.2 Å². The van der Waals surface area contributed by atoms with Gasteiger partial charge in [0.15, 0.2) is 11.6 Å². The molecular formula is C23H23ClN2O4. The number of halogens is 1. The van der Waals surface area contributed by atoms with E-state index in [-0.39, 0.29) is 17.1 Å². The molecule has 1 aromatic carbocycles. The SMILES string of the molecule is CN(C(=O)c1cc2c(n(-c3ccc(Cl)cc3)c1=O)CCCC2=O)C1CCCCC1=O. The molecule has 30 heavy (non-hydrogen) atoms. The number of amides is 1. The predicted molar refractivity (Wildman–Crippen MR) is 114 cm³/mol. The van der Waals surface area contributed by atoms with Gasteiger partial charge in [-0.3, -0.25) is 23.7 Å². The fourth-order valence-corrected chi connectivity index (χ4v) is 4.54. The third-order valence-corrected chi connectivity index (χ3v) is 6.30. The van der Waals surface area contributed by atoms with E-state index in [1.54, 1.807) is 31.3 Å². The van der Waals surface area contributed by atoms with E-state index in [4.69, 9.17) is 11.6 Å². The zero-order valence-corrected chi connectivity index (χ0v) is 17.6. The molecule has 1 aromatic heterocycles. The van der Waals surface area contributed by atoms with Crippen LogP contribution in [0.2, 0.25) is 5.02 Å². The van der Waals surface area contributed by atoms with Crippen LogP contribution in [0.4, 0.5) is 0 Å². The second kappa shape index (κ2) is 8.19. The lowest BCUT2D eigenvalue weighted by Gasteiger charge is -2.30. The Balaban J connectivity index is 1.85. The van der Waals surface area contributed by atoms with Crippen LogP contribution < -0.4 is 5.56 Å². The summed E-state index contributed by atoms with van der Waals surface area (Å²) in [7, 11) is 1.56. The van der Waals surface area contributed by atoms with Gasteiger partial charge in [0.1, 0.15) is 5.56 Å². The predicted octanol–water partition coefficient (Wildman–Crippen LogP) is 3.59. The van der Waals surface area contributed by atoms with Crippen molar-refractivity contribution in [2.75, 3.05) is 7.05 Å². The van der Waals surface area contributed by atoms with Crippen molar-refractivity contribution in [1.29, 1.82) is 0 Å². The molecule has 1 saturated carbocycles. The van der Waals surface area contributed by atoms with Gasteiger partial charge in [-0.25, -0.2) is 0 Å². The summed E-state index contributed by atoms with van der Waals surface area (Å²) in [6, 6.07) is 7.64. The molecule has 6 nitrogen and oxygen atoms in total. The lowest BCUT2D eigenvalue weighted by atomic mass is 9.91. The average molecular weight is 427 g/mol. The Morgan fingerprint density at radius 2 is 1.77 bits per heavy atom. The fourth-order valence-electron chi connectivity index (χ4n) is 4.41. The first-order chi connectivity index (χ1) is 14.4. The molecule has 2 aliphatic carbocycles. The Morgan fingerprint density at radius 1 is 1.03 bits per heavy atom. The molecule has 1 fully saturated rings. The minimum Gasteiger partial charge on any atom is -0.331 e. The van der Waals surface area contributed by atoms with Gasteiger partial charge in [-0.05, 0) is 56.0 Å². The summed E-state index contributed by atoms with van der Waals surface area (Å²) in [5.41, 5.74) is 1.01. The summed E-state index contributed by atoms with van der Waals surface area (Å²) in [4.78, 5) is 53.0. The number of carbonyl (C=O) groups excluding carboxylic acids is 3. The molecule has 1 amide bonds. The van der Waals surface area contributed by atoms with Gasteiger partial charge < -0.3 is 4.90 Å². The van der Waals surface area contributed by atoms with Crippen molar-refractivity contribution in [3.8, 4) is 5.69 Å². The number of likely N-dealkylation sites (N-methyl/N-ethyl adjacent to an activating group) is 1. The molecule has 0 saturated heterocycles. The maximum absolute atomic E-state index is 13.4. The molecule has 1 unspecified atom stereocenters. The Kier molecular flexibility index (Phi) is 5.60. The quantitative estimate of drug-likeness (QED) is 0.751. The van der Waals surface area contributed by atoms with Crippen LogP contribution in [0.1, 0.15) is 64.9 Å². The average Bonchev–Trinajstić information content (AvgIpc) is 2.74. The lowest BCUT2D eigenvalue weighted by molar-refractivity contribution is -0.124. The standard InChI is InChI=1S/C23H23ClN2O4/c1-25(19-5-2-3-7-21(19)28)22(29)17-13-16-18(6-4-8-20(16)27)26(23(17)30)15-11-9-14(24)10-12-15/h9-13,19H,2-8H2,1H3. The Bertz CT molecular complexity index is 1090. The van der Waals surface area contributed by atoms with Crippen LogP contribution in [0.25, 0.3) is 5.69 Å². The summed E-state index contributed by atoms with van der Waals surface area (Å²) in [6.45, 7) is 0. The number of fused-ring (bicyclic) bond motifs is 1. The van der Waals surface area contributed by atoms with Gasteiger partial charge in [0, 0.05) is 41.9 Å². The van der Waals surface area contributed by atoms with Crippen LogP contribution in [0.5, 0.6) is 0 Å². The zero-order valence-electron chi connectivity index (χ0n) is 16.8. The first kappa shape index (κ1) is 20.5. The monoisotopic (exact) mass is 426 g/mol. The molecule has 1 atom stereocenters. The van der Waals surface area contributed by atoms with Gasteiger partial charge in [0.2, 0.25) is 0 Å². The molecule has 7 heteroatoms. The summed E-state index contributed by atoms with van der Waals surface area (Å²) < 4.78 is 1.45.